The summed E-state index contributed by atoms with van der Waals surface area (Å²) in [5.74, 6) is 1.40. The molecule has 0 amide bonds. The van der Waals surface area contributed by atoms with Crippen molar-refractivity contribution in [2.24, 2.45) is 0 Å². The molecule has 0 spiro atoms. The van der Waals surface area contributed by atoms with Crippen LogP contribution in [-0.2, 0) is 0 Å². The summed E-state index contributed by atoms with van der Waals surface area (Å²) in [5, 5.41) is 11.0. The molecule has 21 heavy (non-hydrogen) atoms. The third kappa shape index (κ3) is 2.89. The number of methoxy groups -OCH3 is 1. The molecule has 110 valence electrons. The number of hydrogen-bond donors (Lipinski definition) is 1. The van der Waals surface area contributed by atoms with E-state index >= 15 is 0 Å². The summed E-state index contributed by atoms with van der Waals surface area (Å²) in [6.07, 6.45) is -0.414. The van der Waals surface area contributed by atoms with Crippen molar-refractivity contribution >= 4 is 27.5 Å². The van der Waals surface area contributed by atoms with Gasteiger partial charge in [0.2, 0.25) is 0 Å². The molecule has 1 N–H and O–H groups in total. The van der Waals surface area contributed by atoms with Gasteiger partial charge >= 0.3 is 0 Å². The van der Waals surface area contributed by atoms with Crippen LogP contribution in [0.15, 0.2) is 40.9 Å². The van der Waals surface area contributed by atoms with Gasteiger partial charge in [0.05, 0.1) is 13.2 Å². The van der Waals surface area contributed by atoms with Crippen LogP contribution in [0.25, 0.3) is 0 Å². The Hall–Kier alpha value is -1.23. The van der Waals surface area contributed by atoms with E-state index < -0.39 is 6.10 Å². The third-order valence-corrected chi connectivity index (χ3v) is 4.30. The lowest BCUT2D eigenvalue weighted by atomic mass is 9.94. The molecule has 1 aliphatic rings. The molecule has 0 saturated carbocycles. The molecule has 3 rings (SSSR count). The van der Waals surface area contributed by atoms with E-state index in [1.165, 1.54) is 0 Å². The molecule has 3 nitrogen and oxygen atoms in total. The molecule has 2 atom stereocenters. The van der Waals surface area contributed by atoms with Crippen LogP contribution in [0.4, 0.5) is 0 Å². The van der Waals surface area contributed by atoms with Gasteiger partial charge in [-0.3, -0.25) is 0 Å². The molecular formula is C16H14BrClO3. The van der Waals surface area contributed by atoms with Crippen molar-refractivity contribution in [1.29, 1.82) is 0 Å². The highest BCUT2D eigenvalue weighted by Crippen LogP contribution is 2.44. The van der Waals surface area contributed by atoms with Crippen LogP contribution in [0.5, 0.6) is 11.5 Å². The lowest BCUT2D eigenvalue weighted by Gasteiger charge is -2.30. The van der Waals surface area contributed by atoms with Gasteiger partial charge in [-0.2, -0.15) is 0 Å². The average molecular weight is 370 g/mol. The molecule has 0 radical (unpaired) electrons. The first kappa shape index (κ1) is 14.7. The lowest BCUT2D eigenvalue weighted by Crippen LogP contribution is -2.19. The number of aliphatic hydroxyl groups is 1. The predicted molar refractivity (Wildman–Crippen MR) is 85.1 cm³/mol. The smallest absolute Gasteiger partial charge is 0.130 e. The Kier molecular flexibility index (Phi) is 4.11. The number of hydrogen-bond acceptors (Lipinski definition) is 3. The van der Waals surface area contributed by atoms with Crippen LogP contribution in [0.1, 0.15) is 29.8 Å². The maximum atomic E-state index is 10.4. The molecule has 0 aromatic heterocycles. The zero-order chi connectivity index (χ0) is 15.0. The fourth-order valence-electron chi connectivity index (χ4n) is 2.57. The van der Waals surface area contributed by atoms with Gasteiger partial charge in [-0.1, -0.05) is 27.5 Å². The summed E-state index contributed by atoms with van der Waals surface area (Å²) in [4.78, 5) is 0. The Morgan fingerprint density at radius 1 is 1.24 bits per heavy atom. The highest BCUT2D eigenvalue weighted by atomic mass is 79.9. The normalized spacial score (nSPS) is 20.6. The van der Waals surface area contributed by atoms with Gasteiger partial charge in [-0.05, 0) is 36.4 Å². The van der Waals surface area contributed by atoms with Crippen molar-refractivity contribution < 1.29 is 14.6 Å². The highest BCUT2D eigenvalue weighted by Gasteiger charge is 2.30. The van der Waals surface area contributed by atoms with Gasteiger partial charge in [0.25, 0.3) is 0 Å². The topological polar surface area (TPSA) is 38.7 Å². The Morgan fingerprint density at radius 2 is 2.05 bits per heavy atom. The molecule has 5 heteroatoms. The monoisotopic (exact) mass is 368 g/mol. The minimum Gasteiger partial charge on any atom is -0.496 e. The summed E-state index contributed by atoms with van der Waals surface area (Å²) >= 11 is 9.43. The molecule has 2 aromatic rings. The SMILES string of the molecule is COc1ccc(Br)cc1C1C[C@H](O)c2cc(Cl)ccc2O1. The van der Waals surface area contributed by atoms with Gasteiger partial charge in [0.15, 0.2) is 0 Å². The summed E-state index contributed by atoms with van der Waals surface area (Å²) < 4.78 is 12.4. The van der Waals surface area contributed by atoms with E-state index in [9.17, 15) is 5.11 Å². The molecule has 0 fully saturated rings. The molecule has 0 bridgehead atoms. The van der Waals surface area contributed by atoms with Crippen LogP contribution in [0.2, 0.25) is 5.02 Å². The standard InChI is InChI=1S/C16H14BrClO3/c1-20-14-4-2-9(17)6-12(14)16-8-13(19)11-7-10(18)3-5-15(11)21-16/h2-7,13,16,19H,8H2,1H3/t13-,16?/m0/s1. The van der Waals surface area contributed by atoms with E-state index in [0.717, 1.165) is 21.3 Å². The second kappa shape index (κ2) is 5.87. The minimum absolute atomic E-state index is 0.263. The summed E-state index contributed by atoms with van der Waals surface area (Å²) in [5.41, 5.74) is 1.64. The Bertz CT molecular complexity index is 675. The first-order valence-electron chi connectivity index (χ1n) is 6.56. The number of aliphatic hydroxyl groups excluding tert-OH is 1. The predicted octanol–water partition coefficient (Wildman–Crippen LogP) is 4.67. The summed E-state index contributed by atoms with van der Waals surface area (Å²) in [6, 6.07) is 11.0. The molecular weight excluding hydrogens is 356 g/mol. The Balaban J connectivity index is 1.99. The van der Waals surface area contributed by atoms with Crippen molar-refractivity contribution in [1.82, 2.24) is 0 Å². The van der Waals surface area contributed by atoms with Crippen LogP contribution in [-0.4, -0.2) is 12.2 Å². The van der Waals surface area contributed by atoms with Crippen molar-refractivity contribution in [3.05, 3.63) is 57.0 Å². The fraction of sp³-hybridized carbons (Fsp3) is 0.250. The van der Waals surface area contributed by atoms with Gasteiger partial charge in [0, 0.05) is 27.0 Å². The third-order valence-electron chi connectivity index (χ3n) is 3.58. The number of fused-ring (bicyclic) bond motifs is 1. The molecule has 2 aromatic carbocycles. The van der Waals surface area contributed by atoms with E-state index in [1.54, 1.807) is 25.3 Å². The number of halogens is 2. The van der Waals surface area contributed by atoms with E-state index in [-0.39, 0.29) is 6.10 Å². The maximum absolute atomic E-state index is 10.4. The van der Waals surface area contributed by atoms with Crippen molar-refractivity contribution in [3.8, 4) is 11.5 Å². The van der Waals surface area contributed by atoms with Crippen LogP contribution in [0.3, 0.4) is 0 Å². The van der Waals surface area contributed by atoms with Crippen molar-refractivity contribution in [3.63, 3.8) is 0 Å². The maximum Gasteiger partial charge on any atom is 0.130 e. The molecule has 1 aliphatic heterocycles. The van der Waals surface area contributed by atoms with Crippen molar-refractivity contribution in [2.75, 3.05) is 7.11 Å². The molecule has 1 unspecified atom stereocenters. The molecule has 0 saturated heterocycles. The lowest BCUT2D eigenvalue weighted by molar-refractivity contribution is 0.0645. The van der Waals surface area contributed by atoms with E-state index in [1.807, 2.05) is 18.2 Å². The summed E-state index contributed by atoms with van der Waals surface area (Å²) in [6.45, 7) is 0. The zero-order valence-corrected chi connectivity index (χ0v) is 13.7. The van der Waals surface area contributed by atoms with Crippen LogP contribution >= 0.6 is 27.5 Å². The van der Waals surface area contributed by atoms with E-state index in [4.69, 9.17) is 21.1 Å². The first-order valence-corrected chi connectivity index (χ1v) is 7.73. The number of rotatable bonds is 2. The zero-order valence-electron chi connectivity index (χ0n) is 11.3. The highest BCUT2D eigenvalue weighted by molar-refractivity contribution is 9.10. The van der Waals surface area contributed by atoms with Crippen molar-refractivity contribution in [2.45, 2.75) is 18.6 Å². The quantitative estimate of drug-likeness (QED) is 0.836. The Morgan fingerprint density at radius 3 is 2.81 bits per heavy atom. The largest absolute Gasteiger partial charge is 0.496 e. The number of benzene rings is 2. The minimum atomic E-state index is -0.610. The van der Waals surface area contributed by atoms with Crippen LogP contribution in [0, 0.1) is 0 Å². The number of ether oxygens (including phenoxy) is 2. The van der Waals surface area contributed by atoms with Crippen LogP contribution < -0.4 is 9.47 Å². The van der Waals surface area contributed by atoms with E-state index in [2.05, 4.69) is 15.9 Å². The van der Waals surface area contributed by atoms with E-state index in [0.29, 0.717) is 17.2 Å². The molecule has 1 heterocycles. The Labute approximate surface area is 136 Å². The van der Waals surface area contributed by atoms with Gasteiger partial charge < -0.3 is 14.6 Å². The van der Waals surface area contributed by atoms with Gasteiger partial charge in [-0.25, -0.2) is 0 Å². The van der Waals surface area contributed by atoms with Gasteiger partial charge in [-0.15, -0.1) is 0 Å². The second-order valence-electron chi connectivity index (χ2n) is 4.93. The average Bonchev–Trinajstić information content (AvgIpc) is 2.47. The summed E-state index contributed by atoms with van der Waals surface area (Å²) in [7, 11) is 1.62. The second-order valence-corrected chi connectivity index (χ2v) is 6.28. The molecule has 0 aliphatic carbocycles. The fourth-order valence-corrected chi connectivity index (χ4v) is 3.12. The van der Waals surface area contributed by atoms with Gasteiger partial charge in [0.1, 0.15) is 17.6 Å². The first-order chi connectivity index (χ1) is 10.1.